The van der Waals surface area contributed by atoms with Gasteiger partial charge in [-0.15, -0.1) is 0 Å². The summed E-state index contributed by atoms with van der Waals surface area (Å²) in [5, 5.41) is 7.96. The van der Waals surface area contributed by atoms with E-state index in [-0.39, 0.29) is 5.56 Å². The van der Waals surface area contributed by atoms with Crippen LogP contribution < -0.4 is 10.9 Å². The van der Waals surface area contributed by atoms with Crippen molar-refractivity contribution in [3.05, 3.63) is 21.6 Å². The zero-order valence-corrected chi connectivity index (χ0v) is 13.3. The van der Waals surface area contributed by atoms with Crippen molar-refractivity contribution in [2.75, 3.05) is 25.0 Å². The van der Waals surface area contributed by atoms with Gasteiger partial charge in [0.15, 0.2) is 0 Å². The first-order chi connectivity index (χ1) is 10.2. The standard InChI is InChI=1S/C15H23ClN4O/c1-2-19-7-3-4-12(10-19)18-14-13(16)8-17-20(15(14)21)9-11-5-6-11/h8,11-12,18H,2-7,9-10H2,1H3. The summed E-state index contributed by atoms with van der Waals surface area (Å²) in [4.78, 5) is 14.9. The maximum absolute atomic E-state index is 12.5. The number of aromatic nitrogens is 2. The van der Waals surface area contributed by atoms with Crippen molar-refractivity contribution in [2.24, 2.45) is 5.92 Å². The van der Waals surface area contributed by atoms with Gasteiger partial charge in [-0.05, 0) is 44.7 Å². The summed E-state index contributed by atoms with van der Waals surface area (Å²) >= 11 is 6.19. The van der Waals surface area contributed by atoms with Gasteiger partial charge in [0.25, 0.3) is 5.56 Å². The predicted octanol–water partition coefficient (Wildman–Crippen LogP) is 2.20. The first-order valence-electron chi connectivity index (χ1n) is 7.92. The Kier molecular flexibility index (Phi) is 4.50. The number of nitrogens with zero attached hydrogens (tertiary/aromatic N) is 3. The highest BCUT2D eigenvalue weighted by molar-refractivity contribution is 6.33. The smallest absolute Gasteiger partial charge is 0.291 e. The molecule has 2 aliphatic rings. The van der Waals surface area contributed by atoms with E-state index in [0.29, 0.717) is 22.7 Å². The van der Waals surface area contributed by atoms with Crippen LogP contribution in [0.5, 0.6) is 0 Å². The summed E-state index contributed by atoms with van der Waals surface area (Å²) in [5.41, 5.74) is 0.443. The fraction of sp³-hybridized carbons (Fsp3) is 0.733. The Morgan fingerprint density at radius 1 is 1.43 bits per heavy atom. The molecule has 116 valence electrons. The lowest BCUT2D eigenvalue weighted by molar-refractivity contribution is 0.226. The number of anilines is 1. The number of rotatable bonds is 5. The lowest BCUT2D eigenvalue weighted by Crippen LogP contribution is -2.43. The minimum absolute atomic E-state index is 0.0805. The lowest BCUT2D eigenvalue weighted by atomic mass is 10.1. The van der Waals surface area contributed by atoms with Crippen LogP contribution in [0.1, 0.15) is 32.6 Å². The zero-order valence-electron chi connectivity index (χ0n) is 12.5. The molecule has 0 spiro atoms. The Morgan fingerprint density at radius 3 is 2.95 bits per heavy atom. The minimum atomic E-state index is -0.0805. The summed E-state index contributed by atoms with van der Waals surface area (Å²) in [6.45, 7) is 6.05. The molecule has 21 heavy (non-hydrogen) atoms. The molecule has 1 aliphatic heterocycles. The van der Waals surface area contributed by atoms with Crippen molar-refractivity contribution in [1.29, 1.82) is 0 Å². The van der Waals surface area contributed by atoms with Crippen LogP contribution in [0, 0.1) is 5.92 Å². The first kappa shape index (κ1) is 14.9. The second-order valence-electron chi connectivity index (χ2n) is 6.17. The summed E-state index contributed by atoms with van der Waals surface area (Å²) in [6, 6.07) is 0.292. The molecule has 1 N–H and O–H groups in total. The number of piperidine rings is 1. The molecule has 3 rings (SSSR count). The van der Waals surface area contributed by atoms with Crippen molar-refractivity contribution in [3.8, 4) is 0 Å². The average Bonchev–Trinajstić information content (AvgIpc) is 3.31. The van der Waals surface area contributed by atoms with Crippen molar-refractivity contribution in [3.63, 3.8) is 0 Å². The lowest BCUT2D eigenvalue weighted by Gasteiger charge is -2.32. The SMILES string of the molecule is CCN1CCCC(Nc2c(Cl)cnn(CC3CC3)c2=O)C1. The molecule has 2 fully saturated rings. The van der Waals surface area contributed by atoms with Crippen molar-refractivity contribution >= 4 is 17.3 Å². The monoisotopic (exact) mass is 310 g/mol. The normalized spacial score (nSPS) is 23.2. The van der Waals surface area contributed by atoms with E-state index in [1.54, 1.807) is 10.9 Å². The second-order valence-corrected chi connectivity index (χ2v) is 6.58. The van der Waals surface area contributed by atoms with E-state index in [4.69, 9.17) is 11.6 Å². The van der Waals surface area contributed by atoms with E-state index in [1.165, 1.54) is 12.8 Å². The van der Waals surface area contributed by atoms with Gasteiger partial charge in [-0.1, -0.05) is 18.5 Å². The molecule has 0 radical (unpaired) electrons. The van der Waals surface area contributed by atoms with Gasteiger partial charge >= 0.3 is 0 Å². The van der Waals surface area contributed by atoms with Crippen LogP contribution in [0.25, 0.3) is 0 Å². The van der Waals surface area contributed by atoms with E-state index in [1.807, 2.05) is 0 Å². The molecule has 5 nitrogen and oxygen atoms in total. The largest absolute Gasteiger partial charge is 0.375 e. The van der Waals surface area contributed by atoms with Gasteiger partial charge < -0.3 is 10.2 Å². The average molecular weight is 311 g/mol. The molecule has 1 atom stereocenters. The van der Waals surface area contributed by atoms with E-state index >= 15 is 0 Å². The van der Waals surface area contributed by atoms with Gasteiger partial charge in [0.2, 0.25) is 0 Å². The molecule has 1 saturated heterocycles. The van der Waals surface area contributed by atoms with Gasteiger partial charge in [-0.3, -0.25) is 4.79 Å². The highest BCUT2D eigenvalue weighted by atomic mass is 35.5. The molecule has 0 amide bonds. The van der Waals surface area contributed by atoms with Gasteiger partial charge in [-0.25, -0.2) is 4.68 Å². The topological polar surface area (TPSA) is 50.2 Å². The van der Waals surface area contributed by atoms with Crippen LogP contribution in [-0.4, -0.2) is 40.4 Å². The fourth-order valence-electron chi connectivity index (χ4n) is 2.94. The molecular formula is C15H23ClN4O. The highest BCUT2D eigenvalue weighted by Gasteiger charge is 2.25. The van der Waals surface area contributed by atoms with Crippen molar-refractivity contribution in [1.82, 2.24) is 14.7 Å². The quantitative estimate of drug-likeness (QED) is 0.906. The maximum atomic E-state index is 12.5. The van der Waals surface area contributed by atoms with E-state index in [0.717, 1.165) is 39.0 Å². The van der Waals surface area contributed by atoms with Crippen LogP contribution >= 0.6 is 11.6 Å². The van der Waals surface area contributed by atoms with Gasteiger partial charge in [-0.2, -0.15) is 5.10 Å². The van der Waals surface area contributed by atoms with Gasteiger partial charge in [0, 0.05) is 19.1 Å². The summed E-state index contributed by atoms with van der Waals surface area (Å²) in [5.74, 6) is 0.620. The Labute approximate surface area is 130 Å². The van der Waals surface area contributed by atoms with E-state index < -0.39 is 0 Å². The molecule has 6 heteroatoms. The van der Waals surface area contributed by atoms with Crippen LogP contribution in [0.4, 0.5) is 5.69 Å². The fourth-order valence-corrected chi connectivity index (χ4v) is 3.12. The Bertz CT molecular complexity index is 555. The third-order valence-electron chi connectivity index (χ3n) is 4.43. The third-order valence-corrected chi connectivity index (χ3v) is 4.71. The van der Waals surface area contributed by atoms with Crippen LogP contribution in [0.15, 0.2) is 11.0 Å². The Morgan fingerprint density at radius 2 is 2.24 bits per heavy atom. The number of likely N-dealkylation sites (N-methyl/N-ethyl adjacent to an activating group) is 1. The Balaban J connectivity index is 1.75. The molecule has 1 aliphatic carbocycles. The zero-order chi connectivity index (χ0) is 14.8. The van der Waals surface area contributed by atoms with Crippen LogP contribution in [0.2, 0.25) is 5.02 Å². The van der Waals surface area contributed by atoms with Crippen LogP contribution in [-0.2, 0) is 6.54 Å². The van der Waals surface area contributed by atoms with Crippen molar-refractivity contribution < 1.29 is 0 Å². The molecule has 0 bridgehead atoms. The molecule has 1 saturated carbocycles. The number of hydrogen-bond acceptors (Lipinski definition) is 4. The molecule has 1 aromatic rings. The predicted molar refractivity (Wildman–Crippen MR) is 85.0 cm³/mol. The summed E-state index contributed by atoms with van der Waals surface area (Å²) in [6.07, 6.45) is 6.23. The number of hydrogen-bond donors (Lipinski definition) is 1. The van der Waals surface area contributed by atoms with Gasteiger partial charge in [0.05, 0.1) is 11.2 Å². The minimum Gasteiger partial charge on any atom is -0.375 e. The second kappa shape index (κ2) is 6.36. The molecule has 2 heterocycles. The summed E-state index contributed by atoms with van der Waals surface area (Å²) in [7, 11) is 0. The van der Waals surface area contributed by atoms with Crippen molar-refractivity contribution in [2.45, 2.75) is 45.2 Å². The Hall–Kier alpha value is -1.07. The van der Waals surface area contributed by atoms with Crippen LogP contribution in [0.3, 0.4) is 0 Å². The van der Waals surface area contributed by atoms with Gasteiger partial charge in [0.1, 0.15) is 5.69 Å². The molecule has 1 unspecified atom stereocenters. The van der Waals surface area contributed by atoms with E-state index in [9.17, 15) is 4.79 Å². The molecule has 0 aromatic carbocycles. The maximum Gasteiger partial charge on any atom is 0.291 e. The number of likely N-dealkylation sites (tertiary alicyclic amines) is 1. The van der Waals surface area contributed by atoms with E-state index in [2.05, 4.69) is 22.2 Å². The molecular weight excluding hydrogens is 288 g/mol. The number of halogens is 1. The third kappa shape index (κ3) is 3.58. The highest BCUT2D eigenvalue weighted by Crippen LogP contribution is 2.30. The summed E-state index contributed by atoms with van der Waals surface area (Å²) < 4.78 is 1.56. The first-order valence-corrected chi connectivity index (χ1v) is 8.29. The number of nitrogens with one attached hydrogen (secondary N) is 1. The molecule has 1 aromatic heterocycles.